The Balaban J connectivity index is 2.19. The molecule has 0 aromatic carbocycles. The van der Waals surface area contributed by atoms with E-state index in [1.54, 1.807) is 13.8 Å². The molecule has 0 bridgehead atoms. The van der Waals surface area contributed by atoms with E-state index in [9.17, 15) is 19.0 Å². The second kappa shape index (κ2) is 8.24. The van der Waals surface area contributed by atoms with Gasteiger partial charge in [-0.15, -0.1) is 10.2 Å². The van der Waals surface area contributed by atoms with Crippen molar-refractivity contribution in [1.29, 1.82) is 0 Å². The number of likely N-dealkylation sites (N-methyl/N-ethyl adjacent to an activating group) is 1. The highest BCUT2D eigenvalue weighted by molar-refractivity contribution is 8.16. The lowest BCUT2D eigenvalue weighted by Gasteiger charge is -2.15. The van der Waals surface area contributed by atoms with Gasteiger partial charge in [0.1, 0.15) is 0 Å². The molecule has 3 atom stereocenters. The maximum atomic E-state index is 12.2. The van der Waals surface area contributed by atoms with Crippen LogP contribution in [0, 0.1) is 0 Å². The van der Waals surface area contributed by atoms with Crippen LogP contribution in [0.2, 0.25) is 0 Å². The van der Waals surface area contributed by atoms with Crippen LogP contribution in [0.25, 0.3) is 0 Å². The van der Waals surface area contributed by atoms with Crippen molar-refractivity contribution in [3.8, 4) is 0 Å². The third-order valence-corrected chi connectivity index (χ3v) is 6.49. The van der Waals surface area contributed by atoms with E-state index in [0.717, 1.165) is 29.3 Å². The largest absolute Gasteiger partial charge is 0.473 e. The third-order valence-electron chi connectivity index (χ3n) is 3.27. The van der Waals surface area contributed by atoms with E-state index in [4.69, 9.17) is 4.52 Å². The molecule has 0 saturated carbocycles. The van der Waals surface area contributed by atoms with Gasteiger partial charge in [-0.2, -0.15) is 0 Å². The lowest BCUT2D eigenvalue weighted by Crippen LogP contribution is -2.32. The Bertz CT molecular complexity index is 742. The Hall–Kier alpha value is -1.17. The van der Waals surface area contributed by atoms with Crippen molar-refractivity contribution >= 4 is 53.5 Å². The smallest absolute Gasteiger partial charge is 0.302 e. The number of hydrogen-bond acceptors (Lipinski definition) is 9. The summed E-state index contributed by atoms with van der Waals surface area (Å²) in [6.45, 7) is 7.69. The maximum Gasteiger partial charge on any atom is 0.473 e. The number of thioether (sulfide) groups is 2. The zero-order valence-electron chi connectivity index (χ0n) is 14.6. The van der Waals surface area contributed by atoms with Crippen LogP contribution < -0.4 is 0 Å². The Morgan fingerprint density at radius 1 is 1.31 bits per heavy atom. The van der Waals surface area contributed by atoms with Gasteiger partial charge in [0.2, 0.25) is 11.3 Å². The zero-order valence-corrected chi connectivity index (χ0v) is 17.1. The first-order valence-electron chi connectivity index (χ1n) is 7.35. The van der Waals surface area contributed by atoms with Gasteiger partial charge >= 0.3 is 7.82 Å². The highest BCUT2D eigenvalue weighted by atomic mass is 32.2. The molecule has 144 valence electrons. The van der Waals surface area contributed by atoms with Crippen molar-refractivity contribution in [2.45, 2.75) is 24.5 Å². The standard InChI is InChI=1S/C13H19N4O6PS2/c1-7(2)6-17-9(18)8(3)25-13(17)15-14-12-16(4)10(19)11(26-12)23-24(20,21)22-5/h8,11H,1,6H2,2-5H3,(H,20,21)/t8-,11-/m1/s1. The zero-order chi connectivity index (χ0) is 19.6. The number of nitrogens with zero attached hydrogens (tertiary/aromatic N) is 4. The summed E-state index contributed by atoms with van der Waals surface area (Å²) in [5.74, 6) is -0.662. The summed E-state index contributed by atoms with van der Waals surface area (Å²) in [5.41, 5.74) is -0.472. The van der Waals surface area contributed by atoms with Gasteiger partial charge in [-0.3, -0.25) is 28.4 Å². The topological polar surface area (TPSA) is 121 Å². The summed E-state index contributed by atoms with van der Waals surface area (Å²) < 4.78 is 20.6. The van der Waals surface area contributed by atoms with Crippen LogP contribution in [0.15, 0.2) is 22.4 Å². The Kier molecular flexibility index (Phi) is 6.70. The van der Waals surface area contributed by atoms with E-state index in [2.05, 4.69) is 21.3 Å². The predicted molar refractivity (Wildman–Crippen MR) is 101 cm³/mol. The summed E-state index contributed by atoms with van der Waals surface area (Å²) >= 11 is 2.08. The van der Waals surface area contributed by atoms with E-state index in [-0.39, 0.29) is 16.3 Å². The highest BCUT2D eigenvalue weighted by Crippen LogP contribution is 2.47. The number of carbonyl (C=O) groups excluding carboxylic acids is 2. The van der Waals surface area contributed by atoms with Gasteiger partial charge < -0.3 is 4.89 Å². The quantitative estimate of drug-likeness (QED) is 0.388. The van der Waals surface area contributed by atoms with Crippen molar-refractivity contribution in [2.24, 2.45) is 10.2 Å². The molecule has 1 unspecified atom stereocenters. The normalized spacial score (nSPS) is 29.1. The molecule has 0 spiro atoms. The molecule has 0 radical (unpaired) electrons. The van der Waals surface area contributed by atoms with Crippen LogP contribution in [-0.4, -0.2) is 68.2 Å². The first kappa shape index (κ1) is 21.1. The summed E-state index contributed by atoms with van der Waals surface area (Å²) in [6, 6.07) is 0. The van der Waals surface area contributed by atoms with Gasteiger partial charge in [0.05, 0.1) is 5.25 Å². The fraction of sp³-hybridized carbons (Fsp3) is 0.538. The monoisotopic (exact) mass is 422 g/mol. The number of phosphoric ester groups is 1. The van der Waals surface area contributed by atoms with Gasteiger partial charge in [-0.1, -0.05) is 23.9 Å². The van der Waals surface area contributed by atoms with Gasteiger partial charge in [-0.05, 0) is 25.6 Å². The number of amides is 2. The fourth-order valence-corrected chi connectivity index (χ4v) is 4.58. The molecule has 10 nitrogen and oxygen atoms in total. The number of amidine groups is 2. The molecule has 2 aliphatic heterocycles. The van der Waals surface area contributed by atoms with Gasteiger partial charge in [0.15, 0.2) is 10.3 Å². The molecule has 1 N–H and O–H groups in total. The van der Waals surface area contributed by atoms with Crippen molar-refractivity contribution in [3.05, 3.63) is 12.2 Å². The first-order chi connectivity index (χ1) is 12.1. The minimum absolute atomic E-state index is 0.0945. The number of hydrogen-bond donors (Lipinski definition) is 1. The van der Waals surface area contributed by atoms with Crippen LogP contribution >= 0.6 is 31.3 Å². The SMILES string of the molecule is C=C(C)CN1C(=O)[C@@H](C)SC1=NN=C1S[C@@H](OP(=O)(O)OC)C(=O)N1C. The number of rotatable bonds is 6. The van der Waals surface area contributed by atoms with E-state index >= 15 is 0 Å². The number of phosphoric acid groups is 1. The second-order valence-corrected chi connectivity index (χ2v) is 9.36. The maximum absolute atomic E-state index is 12.2. The molecule has 2 heterocycles. The molecule has 26 heavy (non-hydrogen) atoms. The van der Waals surface area contributed by atoms with Crippen molar-refractivity contribution in [2.75, 3.05) is 20.7 Å². The lowest BCUT2D eigenvalue weighted by molar-refractivity contribution is -0.129. The minimum atomic E-state index is -4.32. The fourth-order valence-electron chi connectivity index (χ4n) is 1.96. The van der Waals surface area contributed by atoms with E-state index in [1.165, 1.54) is 23.7 Å². The Morgan fingerprint density at radius 3 is 2.50 bits per heavy atom. The van der Waals surface area contributed by atoms with Gasteiger partial charge in [0.25, 0.3) is 5.91 Å². The van der Waals surface area contributed by atoms with Gasteiger partial charge in [-0.25, -0.2) is 4.57 Å². The highest BCUT2D eigenvalue weighted by Gasteiger charge is 2.42. The predicted octanol–water partition coefficient (Wildman–Crippen LogP) is 1.45. The van der Waals surface area contributed by atoms with E-state index in [1.807, 2.05) is 0 Å². The molecule has 2 saturated heterocycles. The molecule has 2 fully saturated rings. The molecule has 13 heteroatoms. The second-order valence-electron chi connectivity index (χ2n) is 5.51. The summed E-state index contributed by atoms with van der Waals surface area (Å²) in [4.78, 5) is 36.3. The average Bonchev–Trinajstić information content (AvgIpc) is 2.97. The summed E-state index contributed by atoms with van der Waals surface area (Å²) in [7, 11) is -1.88. The molecular formula is C13H19N4O6PS2. The van der Waals surface area contributed by atoms with Crippen LogP contribution in [0.5, 0.6) is 0 Å². The van der Waals surface area contributed by atoms with Crippen LogP contribution in [-0.2, 0) is 23.2 Å². The van der Waals surface area contributed by atoms with Crippen molar-refractivity contribution in [1.82, 2.24) is 9.80 Å². The average molecular weight is 422 g/mol. The molecule has 2 rings (SSSR count). The molecule has 2 amide bonds. The van der Waals surface area contributed by atoms with Crippen LogP contribution in [0.4, 0.5) is 0 Å². The summed E-state index contributed by atoms with van der Waals surface area (Å²) in [6.07, 6.45) is 0. The van der Waals surface area contributed by atoms with Gasteiger partial charge in [0, 0.05) is 20.7 Å². The summed E-state index contributed by atoms with van der Waals surface area (Å²) in [5, 5.41) is 8.36. The molecule has 0 aliphatic carbocycles. The Labute approximate surface area is 159 Å². The first-order valence-corrected chi connectivity index (χ1v) is 10.6. The minimum Gasteiger partial charge on any atom is -0.302 e. The molecular weight excluding hydrogens is 403 g/mol. The van der Waals surface area contributed by atoms with Crippen molar-refractivity contribution in [3.63, 3.8) is 0 Å². The van der Waals surface area contributed by atoms with Crippen molar-refractivity contribution < 1.29 is 28.1 Å². The van der Waals surface area contributed by atoms with Crippen LogP contribution in [0.3, 0.4) is 0 Å². The Morgan fingerprint density at radius 2 is 1.92 bits per heavy atom. The van der Waals surface area contributed by atoms with E-state index < -0.39 is 19.2 Å². The van der Waals surface area contributed by atoms with E-state index in [0.29, 0.717) is 11.7 Å². The molecule has 2 aliphatic rings. The lowest BCUT2D eigenvalue weighted by atomic mass is 10.3. The molecule has 0 aromatic heterocycles. The number of carbonyl (C=O) groups is 2. The third kappa shape index (κ3) is 4.76. The van der Waals surface area contributed by atoms with Crippen LogP contribution in [0.1, 0.15) is 13.8 Å². The molecule has 0 aromatic rings.